The van der Waals surface area contributed by atoms with E-state index in [9.17, 15) is 13.2 Å². The first kappa shape index (κ1) is 16.2. The van der Waals surface area contributed by atoms with Gasteiger partial charge in [0.05, 0.1) is 20.4 Å². The quantitative estimate of drug-likeness (QED) is 0.870. The van der Waals surface area contributed by atoms with Gasteiger partial charge >= 0.3 is 5.97 Å². The highest BCUT2D eigenvalue weighted by Crippen LogP contribution is 2.25. The molecule has 0 aliphatic carbocycles. The molecule has 8 heteroatoms. The number of carbonyl (C=O) groups is 1. The van der Waals surface area contributed by atoms with Gasteiger partial charge in [0.25, 0.3) is 0 Å². The molecule has 106 valence electrons. The van der Waals surface area contributed by atoms with Crippen LogP contribution in [0.2, 0.25) is 10.0 Å². The summed E-state index contributed by atoms with van der Waals surface area (Å²) in [5, 5.41) is 9.27. The van der Waals surface area contributed by atoms with Crippen molar-refractivity contribution in [3.63, 3.8) is 0 Å². The van der Waals surface area contributed by atoms with E-state index in [4.69, 9.17) is 28.3 Å². The Morgan fingerprint density at radius 2 is 1.89 bits per heavy atom. The topological polar surface area (TPSA) is 83.5 Å². The van der Waals surface area contributed by atoms with Crippen LogP contribution in [0.5, 0.6) is 0 Å². The largest absolute Gasteiger partial charge is 0.481 e. The van der Waals surface area contributed by atoms with Gasteiger partial charge in [-0.05, 0) is 32.0 Å². The van der Waals surface area contributed by atoms with Gasteiger partial charge in [-0.2, -0.15) is 0 Å². The second kappa shape index (κ2) is 5.66. The highest BCUT2D eigenvalue weighted by atomic mass is 35.5. The summed E-state index contributed by atoms with van der Waals surface area (Å²) in [6.45, 7) is 2.62. The molecule has 1 rings (SSSR count). The lowest BCUT2D eigenvalue weighted by atomic mass is 9.95. The van der Waals surface area contributed by atoms with Crippen LogP contribution in [-0.2, 0) is 14.8 Å². The maximum absolute atomic E-state index is 12.0. The number of halogens is 2. The van der Waals surface area contributed by atoms with Crippen molar-refractivity contribution in [3.8, 4) is 0 Å². The highest BCUT2D eigenvalue weighted by Gasteiger charge is 2.29. The maximum Gasteiger partial charge on any atom is 0.310 e. The van der Waals surface area contributed by atoms with E-state index in [2.05, 4.69) is 4.72 Å². The van der Waals surface area contributed by atoms with Gasteiger partial charge in [-0.25, -0.2) is 13.1 Å². The SMILES string of the molecule is CC(C)(CNS(=O)(=O)c1ccc(Cl)c(Cl)c1)C(=O)O. The highest BCUT2D eigenvalue weighted by molar-refractivity contribution is 7.89. The lowest BCUT2D eigenvalue weighted by Gasteiger charge is -2.19. The van der Waals surface area contributed by atoms with Crippen molar-refractivity contribution >= 4 is 39.2 Å². The van der Waals surface area contributed by atoms with Crippen LogP contribution < -0.4 is 4.72 Å². The third-order valence-corrected chi connectivity index (χ3v) is 4.62. The molecule has 1 aromatic carbocycles. The predicted octanol–water partition coefficient (Wildman–Crippen LogP) is 2.38. The number of sulfonamides is 1. The Kier molecular flexibility index (Phi) is 4.84. The number of carboxylic acids is 1. The van der Waals surface area contributed by atoms with Gasteiger partial charge in [0.15, 0.2) is 0 Å². The van der Waals surface area contributed by atoms with E-state index in [1.165, 1.54) is 32.0 Å². The molecule has 0 atom stereocenters. The number of rotatable bonds is 5. The van der Waals surface area contributed by atoms with Gasteiger partial charge in [0.2, 0.25) is 10.0 Å². The van der Waals surface area contributed by atoms with Crippen LogP contribution in [0.4, 0.5) is 0 Å². The van der Waals surface area contributed by atoms with E-state index in [-0.39, 0.29) is 21.5 Å². The smallest absolute Gasteiger partial charge is 0.310 e. The summed E-state index contributed by atoms with van der Waals surface area (Å²) >= 11 is 11.4. The minimum absolute atomic E-state index is 0.0666. The molecule has 0 aliphatic heterocycles. The van der Waals surface area contributed by atoms with Crippen molar-refractivity contribution in [2.75, 3.05) is 6.54 Å². The normalized spacial score (nSPS) is 12.4. The van der Waals surface area contributed by atoms with Crippen molar-refractivity contribution in [2.45, 2.75) is 18.7 Å². The van der Waals surface area contributed by atoms with Crippen molar-refractivity contribution in [3.05, 3.63) is 28.2 Å². The molecule has 0 saturated carbocycles. The molecule has 0 radical (unpaired) electrons. The second-order valence-electron chi connectivity index (χ2n) is 4.59. The molecule has 0 fully saturated rings. The first-order valence-corrected chi connectivity index (χ1v) is 7.48. The molecule has 19 heavy (non-hydrogen) atoms. The second-order valence-corrected chi connectivity index (χ2v) is 7.17. The van der Waals surface area contributed by atoms with Crippen molar-refractivity contribution in [2.24, 2.45) is 5.41 Å². The zero-order valence-electron chi connectivity index (χ0n) is 10.3. The molecule has 0 heterocycles. The van der Waals surface area contributed by atoms with Gasteiger partial charge < -0.3 is 5.11 Å². The standard InChI is InChI=1S/C11H13Cl2NO4S/c1-11(2,10(15)16)6-14-19(17,18)7-3-4-8(12)9(13)5-7/h3-5,14H,6H2,1-2H3,(H,15,16). The molecular weight excluding hydrogens is 313 g/mol. The van der Waals surface area contributed by atoms with E-state index in [1.807, 2.05) is 0 Å². The number of nitrogens with one attached hydrogen (secondary N) is 1. The minimum Gasteiger partial charge on any atom is -0.481 e. The lowest BCUT2D eigenvalue weighted by Crippen LogP contribution is -2.38. The Morgan fingerprint density at radius 3 is 2.37 bits per heavy atom. The summed E-state index contributed by atoms with van der Waals surface area (Å²) in [7, 11) is -3.82. The molecular formula is C11H13Cl2NO4S. The van der Waals surface area contributed by atoms with Crippen LogP contribution in [-0.4, -0.2) is 26.0 Å². The van der Waals surface area contributed by atoms with Gasteiger partial charge in [-0.15, -0.1) is 0 Å². The summed E-state index contributed by atoms with van der Waals surface area (Å²) in [4.78, 5) is 10.8. The summed E-state index contributed by atoms with van der Waals surface area (Å²) in [5.74, 6) is -1.09. The first-order chi connectivity index (χ1) is 8.56. The zero-order chi connectivity index (χ0) is 14.8. The summed E-state index contributed by atoms with van der Waals surface area (Å²) < 4.78 is 26.2. The monoisotopic (exact) mass is 325 g/mol. The number of hydrogen-bond acceptors (Lipinski definition) is 3. The zero-order valence-corrected chi connectivity index (χ0v) is 12.6. The molecule has 0 unspecified atom stereocenters. The summed E-state index contributed by atoms with van der Waals surface area (Å²) in [6, 6.07) is 3.87. The molecule has 0 aromatic heterocycles. The average molecular weight is 326 g/mol. The minimum atomic E-state index is -3.82. The van der Waals surface area contributed by atoms with Crippen LogP contribution in [0.3, 0.4) is 0 Å². The number of carboxylic acid groups (broad SMARTS) is 1. The number of hydrogen-bond donors (Lipinski definition) is 2. The molecule has 0 aliphatic rings. The maximum atomic E-state index is 12.0. The molecule has 2 N–H and O–H groups in total. The first-order valence-electron chi connectivity index (χ1n) is 5.24. The fraction of sp³-hybridized carbons (Fsp3) is 0.364. The molecule has 0 amide bonds. The molecule has 1 aromatic rings. The Balaban J connectivity index is 2.93. The third-order valence-electron chi connectivity index (χ3n) is 2.48. The predicted molar refractivity (Wildman–Crippen MR) is 73.1 cm³/mol. The van der Waals surface area contributed by atoms with Crippen molar-refractivity contribution in [1.82, 2.24) is 4.72 Å². The Hall–Kier alpha value is -0.820. The lowest BCUT2D eigenvalue weighted by molar-refractivity contribution is -0.146. The molecule has 0 spiro atoms. The van der Waals surface area contributed by atoms with E-state index in [1.54, 1.807) is 0 Å². The van der Waals surface area contributed by atoms with Gasteiger partial charge in [-0.1, -0.05) is 23.2 Å². The average Bonchev–Trinajstić information content (AvgIpc) is 2.30. The summed E-state index contributed by atoms with van der Waals surface area (Å²) in [6.07, 6.45) is 0. The van der Waals surface area contributed by atoms with Gasteiger partial charge in [-0.3, -0.25) is 4.79 Å². The fourth-order valence-electron chi connectivity index (χ4n) is 1.08. The van der Waals surface area contributed by atoms with Crippen LogP contribution in [0.25, 0.3) is 0 Å². The Morgan fingerprint density at radius 1 is 1.32 bits per heavy atom. The van der Waals surface area contributed by atoms with E-state index < -0.39 is 21.4 Å². The Labute approximate surface area is 121 Å². The van der Waals surface area contributed by atoms with E-state index in [0.29, 0.717) is 0 Å². The van der Waals surface area contributed by atoms with Crippen molar-refractivity contribution < 1.29 is 18.3 Å². The summed E-state index contributed by atoms with van der Waals surface area (Å²) in [5.41, 5.74) is -1.21. The van der Waals surface area contributed by atoms with Gasteiger partial charge in [0.1, 0.15) is 0 Å². The van der Waals surface area contributed by atoms with Crippen LogP contribution in [0.15, 0.2) is 23.1 Å². The van der Waals surface area contributed by atoms with Crippen LogP contribution in [0.1, 0.15) is 13.8 Å². The van der Waals surface area contributed by atoms with Crippen molar-refractivity contribution in [1.29, 1.82) is 0 Å². The molecule has 5 nitrogen and oxygen atoms in total. The Bertz CT molecular complexity index is 599. The van der Waals surface area contributed by atoms with Gasteiger partial charge in [0, 0.05) is 6.54 Å². The van der Waals surface area contributed by atoms with E-state index in [0.717, 1.165) is 0 Å². The fourth-order valence-corrected chi connectivity index (χ4v) is 2.68. The third kappa shape index (κ3) is 4.07. The van der Waals surface area contributed by atoms with E-state index >= 15 is 0 Å². The molecule has 0 saturated heterocycles. The van der Waals surface area contributed by atoms with Crippen LogP contribution in [0, 0.1) is 5.41 Å². The number of aliphatic carboxylic acids is 1. The molecule has 0 bridgehead atoms. The number of benzene rings is 1. The van der Waals surface area contributed by atoms with Crippen LogP contribution >= 0.6 is 23.2 Å².